The van der Waals surface area contributed by atoms with Gasteiger partial charge in [-0.25, -0.2) is 0 Å². The van der Waals surface area contributed by atoms with Gasteiger partial charge in [-0.1, -0.05) is 58.0 Å². The van der Waals surface area contributed by atoms with Gasteiger partial charge >= 0.3 is 0 Å². The van der Waals surface area contributed by atoms with Crippen molar-refractivity contribution in [3.8, 4) is 0 Å². The average Bonchev–Trinajstić information content (AvgIpc) is 2.45. The predicted molar refractivity (Wildman–Crippen MR) is 89.6 cm³/mol. The van der Waals surface area contributed by atoms with Gasteiger partial charge in [-0.2, -0.15) is 0 Å². The maximum absolute atomic E-state index is 4.42. The Morgan fingerprint density at radius 2 is 1.76 bits per heavy atom. The molecule has 2 rings (SSSR count). The van der Waals surface area contributed by atoms with E-state index in [2.05, 4.69) is 75.3 Å². The van der Waals surface area contributed by atoms with Crippen LogP contribution >= 0.6 is 0 Å². The zero-order valence-corrected chi connectivity index (χ0v) is 13.8. The molecule has 0 radical (unpaired) electrons. The van der Waals surface area contributed by atoms with Crippen LogP contribution in [-0.4, -0.2) is 11.5 Å². The highest BCUT2D eigenvalue weighted by Gasteiger charge is 2.17. The fourth-order valence-electron chi connectivity index (χ4n) is 2.59. The number of nitrogens with one attached hydrogen (secondary N) is 1. The number of hydrogen-bond acceptors (Lipinski definition) is 2. The second-order valence-corrected chi connectivity index (χ2v) is 6.54. The van der Waals surface area contributed by atoms with Crippen LogP contribution in [-0.2, 0) is 5.41 Å². The van der Waals surface area contributed by atoms with Crippen LogP contribution in [0, 0.1) is 6.92 Å². The molecule has 2 aromatic rings. The van der Waals surface area contributed by atoms with Crippen LogP contribution < -0.4 is 5.32 Å². The van der Waals surface area contributed by atoms with E-state index >= 15 is 0 Å². The maximum atomic E-state index is 4.42. The van der Waals surface area contributed by atoms with Gasteiger partial charge in [-0.05, 0) is 41.6 Å². The zero-order chi connectivity index (χ0) is 15.5. The highest BCUT2D eigenvalue weighted by atomic mass is 14.9. The molecule has 0 saturated carbocycles. The molecule has 0 aliphatic rings. The molecule has 0 aliphatic carbocycles. The monoisotopic (exact) mass is 282 g/mol. The number of aromatic nitrogens is 1. The number of pyridine rings is 1. The Morgan fingerprint density at radius 3 is 2.29 bits per heavy atom. The van der Waals surface area contributed by atoms with Crippen LogP contribution in [0.1, 0.15) is 56.1 Å². The lowest BCUT2D eigenvalue weighted by Gasteiger charge is -2.23. The van der Waals surface area contributed by atoms with Crippen LogP contribution in [0.5, 0.6) is 0 Å². The first-order chi connectivity index (χ1) is 9.93. The van der Waals surface area contributed by atoms with Gasteiger partial charge in [0.25, 0.3) is 0 Å². The largest absolute Gasteiger partial charge is 0.306 e. The van der Waals surface area contributed by atoms with E-state index in [-0.39, 0.29) is 11.5 Å². The third-order valence-corrected chi connectivity index (χ3v) is 3.88. The van der Waals surface area contributed by atoms with Crippen LogP contribution in [0.3, 0.4) is 0 Å². The third-order valence-electron chi connectivity index (χ3n) is 3.88. The Balaban J connectivity index is 2.37. The van der Waals surface area contributed by atoms with Gasteiger partial charge in [-0.3, -0.25) is 4.98 Å². The van der Waals surface area contributed by atoms with E-state index in [0.717, 1.165) is 12.2 Å². The summed E-state index contributed by atoms with van der Waals surface area (Å²) in [6, 6.07) is 13.3. The van der Waals surface area contributed by atoms with Crippen molar-refractivity contribution in [2.24, 2.45) is 0 Å². The van der Waals surface area contributed by atoms with E-state index < -0.39 is 0 Å². The molecule has 1 N–H and O–H groups in total. The summed E-state index contributed by atoms with van der Waals surface area (Å²) in [5.41, 5.74) is 5.19. The fourth-order valence-corrected chi connectivity index (χ4v) is 2.59. The average molecular weight is 282 g/mol. The lowest BCUT2D eigenvalue weighted by molar-refractivity contribution is 0.587. The molecule has 21 heavy (non-hydrogen) atoms. The smallest absolute Gasteiger partial charge is 0.0594 e. The Labute approximate surface area is 128 Å². The number of aryl methyl sites for hydroxylation is 1. The fraction of sp³-hybridized carbons (Fsp3) is 0.421. The summed E-state index contributed by atoms with van der Waals surface area (Å²) in [5, 5.41) is 3.57. The van der Waals surface area contributed by atoms with Crippen molar-refractivity contribution in [3.63, 3.8) is 0 Å². The summed E-state index contributed by atoms with van der Waals surface area (Å²) < 4.78 is 0. The van der Waals surface area contributed by atoms with Gasteiger partial charge in [0.2, 0.25) is 0 Å². The van der Waals surface area contributed by atoms with Crippen molar-refractivity contribution >= 4 is 0 Å². The van der Waals surface area contributed by atoms with E-state index in [1.54, 1.807) is 0 Å². The minimum atomic E-state index is 0.191. The quantitative estimate of drug-likeness (QED) is 0.899. The van der Waals surface area contributed by atoms with E-state index in [9.17, 15) is 0 Å². The van der Waals surface area contributed by atoms with Crippen molar-refractivity contribution in [2.45, 2.75) is 46.1 Å². The van der Waals surface area contributed by atoms with E-state index in [0.29, 0.717) is 0 Å². The standard InChI is InChI=1S/C19H26N2/c1-6-20-18(17-8-7-13-21-14(17)2)15-9-11-16(12-10-15)19(3,4)5/h7-13,18,20H,6H2,1-5H3. The molecule has 1 atom stereocenters. The lowest BCUT2D eigenvalue weighted by Crippen LogP contribution is -2.23. The molecule has 2 nitrogen and oxygen atoms in total. The lowest BCUT2D eigenvalue weighted by atomic mass is 9.85. The number of benzene rings is 1. The topological polar surface area (TPSA) is 24.9 Å². The summed E-state index contributed by atoms with van der Waals surface area (Å²) in [6.45, 7) is 11.9. The van der Waals surface area contributed by atoms with Gasteiger partial charge in [0.05, 0.1) is 6.04 Å². The summed E-state index contributed by atoms with van der Waals surface area (Å²) >= 11 is 0. The molecule has 1 unspecified atom stereocenters. The third kappa shape index (κ3) is 3.70. The highest BCUT2D eigenvalue weighted by Crippen LogP contribution is 2.27. The predicted octanol–water partition coefficient (Wildman–Crippen LogP) is 4.39. The summed E-state index contributed by atoms with van der Waals surface area (Å²) in [4.78, 5) is 4.42. The van der Waals surface area contributed by atoms with Gasteiger partial charge in [0, 0.05) is 11.9 Å². The van der Waals surface area contributed by atoms with Gasteiger partial charge in [0.1, 0.15) is 0 Å². The van der Waals surface area contributed by atoms with Gasteiger partial charge < -0.3 is 5.32 Å². The molecule has 1 aromatic carbocycles. The van der Waals surface area contributed by atoms with Crippen LogP contribution in [0.2, 0.25) is 0 Å². The molecule has 0 bridgehead atoms. The van der Waals surface area contributed by atoms with Gasteiger partial charge in [0.15, 0.2) is 0 Å². The molecular formula is C19H26N2. The second kappa shape index (κ2) is 6.40. The molecule has 0 spiro atoms. The first-order valence-electron chi connectivity index (χ1n) is 7.69. The number of hydrogen-bond donors (Lipinski definition) is 1. The van der Waals surface area contributed by atoms with Crippen molar-refractivity contribution < 1.29 is 0 Å². The normalized spacial score (nSPS) is 13.2. The molecule has 2 heteroatoms. The van der Waals surface area contributed by atoms with Crippen molar-refractivity contribution in [2.75, 3.05) is 6.54 Å². The van der Waals surface area contributed by atoms with Crippen LogP contribution in [0.4, 0.5) is 0 Å². The summed E-state index contributed by atoms with van der Waals surface area (Å²) in [6.07, 6.45) is 1.85. The minimum Gasteiger partial charge on any atom is -0.306 e. The highest BCUT2D eigenvalue weighted by molar-refractivity contribution is 5.36. The molecule has 0 amide bonds. The molecule has 0 saturated heterocycles. The van der Waals surface area contributed by atoms with Crippen molar-refractivity contribution in [1.82, 2.24) is 10.3 Å². The van der Waals surface area contributed by atoms with Crippen LogP contribution in [0.15, 0.2) is 42.6 Å². The first kappa shape index (κ1) is 15.7. The van der Waals surface area contributed by atoms with Gasteiger partial charge in [-0.15, -0.1) is 0 Å². The number of rotatable bonds is 4. The Kier molecular flexibility index (Phi) is 4.79. The van der Waals surface area contributed by atoms with E-state index in [1.165, 1.54) is 16.7 Å². The second-order valence-electron chi connectivity index (χ2n) is 6.54. The van der Waals surface area contributed by atoms with E-state index in [4.69, 9.17) is 0 Å². The summed E-state index contributed by atoms with van der Waals surface area (Å²) in [7, 11) is 0. The Bertz CT molecular complexity index is 579. The Hall–Kier alpha value is -1.67. The molecule has 0 fully saturated rings. The maximum Gasteiger partial charge on any atom is 0.0594 e. The SMILES string of the molecule is CCNC(c1ccc(C(C)(C)C)cc1)c1cccnc1C. The molecule has 112 valence electrons. The van der Waals surface area contributed by atoms with Crippen molar-refractivity contribution in [1.29, 1.82) is 0 Å². The molecular weight excluding hydrogens is 256 g/mol. The number of nitrogens with zero attached hydrogens (tertiary/aromatic N) is 1. The summed E-state index contributed by atoms with van der Waals surface area (Å²) in [5.74, 6) is 0. The van der Waals surface area contributed by atoms with Crippen LogP contribution in [0.25, 0.3) is 0 Å². The Morgan fingerprint density at radius 1 is 1.10 bits per heavy atom. The minimum absolute atomic E-state index is 0.191. The molecule has 0 aliphatic heterocycles. The van der Waals surface area contributed by atoms with Crippen molar-refractivity contribution in [3.05, 3.63) is 65.0 Å². The first-order valence-corrected chi connectivity index (χ1v) is 7.69. The molecule has 1 heterocycles. The zero-order valence-electron chi connectivity index (χ0n) is 13.8. The van der Waals surface area contributed by atoms with E-state index in [1.807, 2.05) is 12.3 Å². The molecule has 1 aromatic heterocycles.